The monoisotopic (exact) mass is 535 g/mol. The number of rotatable bonds is 8. The van der Waals surface area contributed by atoms with E-state index in [-0.39, 0.29) is 29.5 Å². The maximum absolute atomic E-state index is 12.9. The van der Waals surface area contributed by atoms with Gasteiger partial charge in [-0.25, -0.2) is 12.7 Å². The highest BCUT2D eigenvalue weighted by Gasteiger charge is 2.31. The van der Waals surface area contributed by atoms with Gasteiger partial charge in [0.05, 0.1) is 17.0 Å². The summed E-state index contributed by atoms with van der Waals surface area (Å²) < 4.78 is 28.0. The largest absolute Gasteiger partial charge is 0.350 e. The van der Waals surface area contributed by atoms with E-state index in [4.69, 9.17) is 0 Å². The second-order valence-electron chi connectivity index (χ2n) is 8.38. The van der Waals surface area contributed by atoms with Crippen molar-refractivity contribution >= 4 is 43.5 Å². The molecule has 2 amide bonds. The molecule has 0 bridgehead atoms. The zero-order valence-electron chi connectivity index (χ0n) is 18.9. The van der Waals surface area contributed by atoms with Gasteiger partial charge in [-0.3, -0.25) is 9.59 Å². The average Bonchev–Trinajstić information content (AvgIpc) is 2.79. The Balaban J connectivity index is 1.59. The normalized spacial score (nSPS) is 16.2. The topological polar surface area (TPSA) is 95.6 Å². The van der Waals surface area contributed by atoms with Crippen LogP contribution in [0.2, 0.25) is 0 Å². The van der Waals surface area contributed by atoms with Crippen LogP contribution in [0.4, 0.5) is 5.69 Å². The fraction of sp³-hybridized carbons (Fsp3) is 0.417. The second-order valence-corrected chi connectivity index (χ2v) is 11.3. The number of piperidine rings is 1. The molecule has 1 heterocycles. The minimum atomic E-state index is -3.47. The van der Waals surface area contributed by atoms with E-state index in [9.17, 15) is 18.0 Å². The maximum Gasteiger partial charge on any atom is 0.253 e. The van der Waals surface area contributed by atoms with E-state index < -0.39 is 10.0 Å². The molecule has 0 saturated carbocycles. The van der Waals surface area contributed by atoms with Crippen LogP contribution >= 0.6 is 15.9 Å². The molecule has 3 rings (SSSR count). The van der Waals surface area contributed by atoms with Crippen molar-refractivity contribution in [3.8, 4) is 0 Å². The van der Waals surface area contributed by atoms with E-state index in [1.165, 1.54) is 4.31 Å². The minimum absolute atomic E-state index is 0.0320. The van der Waals surface area contributed by atoms with Gasteiger partial charge in [-0.15, -0.1) is 0 Å². The Morgan fingerprint density at radius 3 is 2.48 bits per heavy atom. The van der Waals surface area contributed by atoms with Crippen LogP contribution in [-0.2, 0) is 20.6 Å². The Morgan fingerprint density at radius 1 is 1.12 bits per heavy atom. The number of hydrogen-bond donors (Lipinski definition) is 2. The van der Waals surface area contributed by atoms with E-state index in [0.29, 0.717) is 37.2 Å². The minimum Gasteiger partial charge on any atom is -0.350 e. The number of amides is 2. The summed E-state index contributed by atoms with van der Waals surface area (Å²) in [6.07, 6.45) is 1.68. The van der Waals surface area contributed by atoms with Crippen molar-refractivity contribution in [2.45, 2.75) is 44.9 Å². The summed E-state index contributed by atoms with van der Waals surface area (Å²) in [6.45, 7) is 4.51. The molecule has 7 nitrogen and oxygen atoms in total. The molecule has 0 unspecified atom stereocenters. The fourth-order valence-corrected chi connectivity index (χ4v) is 5.75. The number of halogens is 1. The quantitative estimate of drug-likeness (QED) is 0.530. The Morgan fingerprint density at radius 2 is 1.82 bits per heavy atom. The van der Waals surface area contributed by atoms with Gasteiger partial charge in [-0.2, -0.15) is 0 Å². The molecular weight excluding hydrogens is 506 g/mol. The van der Waals surface area contributed by atoms with Crippen LogP contribution in [0.3, 0.4) is 0 Å². The molecule has 1 aliphatic rings. The molecule has 9 heteroatoms. The molecule has 178 valence electrons. The van der Waals surface area contributed by atoms with Gasteiger partial charge >= 0.3 is 0 Å². The van der Waals surface area contributed by atoms with Gasteiger partial charge in [-0.05, 0) is 56.0 Å². The summed E-state index contributed by atoms with van der Waals surface area (Å²) >= 11 is 3.37. The molecular formula is C24H30BrN3O4S. The number of anilines is 1. The molecule has 2 N–H and O–H groups in total. The van der Waals surface area contributed by atoms with E-state index in [0.717, 1.165) is 16.5 Å². The highest BCUT2D eigenvalue weighted by molar-refractivity contribution is 9.10. The summed E-state index contributed by atoms with van der Waals surface area (Å²) in [5.41, 5.74) is 1.60. The van der Waals surface area contributed by atoms with Crippen LogP contribution in [0.5, 0.6) is 0 Å². The predicted molar refractivity (Wildman–Crippen MR) is 133 cm³/mol. The fourth-order valence-electron chi connectivity index (χ4n) is 3.75. The second kappa shape index (κ2) is 11.3. The highest BCUT2D eigenvalue weighted by atomic mass is 79.9. The van der Waals surface area contributed by atoms with Crippen molar-refractivity contribution in [2.24, 2.45) is 5.92 Å². The van der Waals surface area contributed by atoms with Crippen molar-refractivity contribution in [1.29, 1.82) is 0 Å². The van der Waals surface area contributed by atoms with Gasteiger partial charge in [-0.1, -0.05) is 47.1 Å². The molecule has 0 spiro atoms. The number of para-hydroxylation sites is 1. The van der Waals surface area contributed by atoms with Crippen LogP contribution in [0.15, 0.2) is 53.0 Å². The zero-order chi connectivity index (χ0) is 24.0. The van der Waals surface area contributed by atoms with Crippen LogP contribution in [-0.4, -0.2) is 43.7 Å². The molecule has 33 heavy (non-hydrogen) atoms. The highest BCUT2D eigenvalue weighted by Crippen LogP contribution is 2.25. The summed E-state index contributed by atoms with van der Waals surface area (Å²) in [6, 6.07) is 14.2. The number of sulfonamides is 1. The summed E-state index contributed by atoms with van der Waals surface area (Å²) in [7, 11) is -3.47. The first kappa shape index (κ1) is 25.4. The zero-order valence-corrected chi connectivity index (χ0v) is 21.3. The van der Waals surface area contributed by atoms with E-state index >= 15 is 0 Å². The van der Waals surface area contributed by atoms with E-state index in [2.05, 4.69) is 26.6 Å². The lowest BCUT2D eigenvalue weighted by Crippen LogP contribution is -2.42. The van der Waals surface area contributed by atoms with Gasteiger partial charge in [0.2, 0.25) is 15.9 Å². The number of carbonyl (C=O) groups is 2. The number of carbonyl (C=O) groups excluding carboxylic acids is 2. The van der Waals surface area contributed by atoms with Gasteiger partial charge in [0, 0.05) is 29.5 Å². The van der Waals surface area contributed by atoms with Crippen LogP contribution in [0.1, 0.15) is 49.0 Å². The van der Waals surface area contributed by atoms with Crippen molar-refractivity contribution < 1.29 is 18.0 Å². The molecule has 1 atom stereocenters. The van der Waals surface area contributed by atoms with Gasteiger partial charge in [0.1, 0.15) is 0 Å². The van der Waals surface area contributed by atoms with Crippen molar-refractivity contribution in [3.63, 3.8) is 0 Å². The average molecular weight is 536 g/mol. The summed E-state index contributed by atoms with van der Waals surface area (Å²) in [5, 5.41) is 5.80. The Bertz CT molecular complexity index is 1100. The third kappa shape index (κ3) is 6.88. The molecule has 1 saturated heterocycles. The maximum atomic E-state index is 12.9. The standard InChI is InChI=1S/C24H30BrN3O4S/c1-3-17(2)26-24(30)21-9-4-5-10-22(21)27-23(29)19-11-13-28(14-12-19)33(31,32)16-18-7-6-8-20(25)15-18/h4-10,15,17,19H,3,11-14,16H2,1-2H3,(H,26,30)(H,27,29)/t17-/m1/s1. The van der Waals surface area contributed by atoms with Crippen molar-refractivity contribution in [3.05, 3.63) is 64.1 Å². The third-order valence-electron chi connectivity index (χ3n) is 5.88. The third-order valence-corrected chi connectivity index (χ3v) is 8.22. The SMILES string of the molecule is CC[C@@H](C)NC(=O)c1ccccc1NC(=O)C1CCN(S(=O)(=O)Cc2cccc(Br)c2)CC1. The number of benzene rings is 2. The van der Waals surface area contributed by atoms with Gasteiger partial charge in [0.25, 0.3) is 5.91 Å². The van der Waals surface area contributed by atoms with Gasteiger partial charge < -0.3 is 10.6 Å². The predicted octanol–water partition coefficient (Wildman–Crippen LogP) is 4.16. The lowest BCUT2D eigenvalue weighted by Gasteiger charge is -2.30. The van der Waals surface area contributed by atoms with Crippen LogP contribution in [0, 0.1) is 5.92 Å². The molecule has 0 radical (unpaired) electrons. The molecule has 1 fully saturated rings. The first-order valence-electron chi connectivity index (χ1n) is 11.1. The number of nitrogens with one attached hydrogen (secondary N) is 2. The first-order valence-corrected chi connectivity index (χ1v) is 13.5. The molecule has 0 aliphatic carbocycles. The number of hydrogen-bond acceptors (Lipinski definition) is 4. The summed E-state index contributed by atoms with van der Waals surface area (Å²) in [5.74, 6) is -0.799. The Hall–Kier alpha value is -2.23. The van der Waals surface area contributed by atoms with E-state index in [1.54, 1.807) is 36.4 Å². The van der Waals surface area contributed by atoms with Crippen molar-refractivity contribution in [2.75, 3.05) is 18.4 Å². The smallest absolute Gasteiger partial charge is 0.253 e. The Kier molecular flexibility index (Phi) is 8.67. The van der Waals surface area contributed by atoms with Crippen molar-refractivity contribution in [1.82, 2.24) is 9.62 Å². The summed E-state index contributed by atoms with van der Waals surface area (Å²) in [4.78, 5) is 25.5. The van der Waals surface area contributed by atoms with Crippen LogP contribution in [0.25, 0.3) is 0 Å². The molecule has 0 aromatic heterocycles. The lowest BCUT2D eigenvalue weighted by atomic mass is 9.97. The molecule has 1 aliphatic heterocycles. The van der Waals surface area contributed by atoms with Crippen LogP contribution < -0.4 is 10.6 Å². The first-order chi connectivity index (χ1) is 15.7. The Labute approximate surface area is 204 Å². The molecule has 2 aromatic rings. The van der Waals surface area contributed by atoms with E-state index in [1.807, 2.05) is 26.0 Å². The molecule has 2 aromatic carbocycles. The lowest BCUT2D eigenvalue weighted by molar-refractivity contribution is -0.120. The van der Waals surface area contributed by atoms with Gasteiger partial charge in [0.15, 0.2) is 0 Å². The number of nitrogens with zero attached hydrogens (tertiary/aromatic N) is 1.